The van der Waals surface area contributed by atoms with Crippen LogP contribution < -0.4 is 14.8 Å². The van der Waals surface area contributed by atoms with E-state index in [0.29, 0.717) is 30.5 Å². The molecular weight excluding hydrogens is 292 g/mol. The number of amides is 1. The van der Waals surface area contributed by atoms with E-state index in [0.717, 1.165) is 5.75 Å². The third-order valence-corrected chi connectivity index (χ3v) is 3.41. The van der Waals surface area contributed by atoms with Gasteiger partial charge in [0.1, 0.15) is 17.9 Å². The summed E-state index contributed by atoms with van der Waals surface area (Å²) in [6, 6.07) is 11.4. The van der Waals surface area contributed by atoms with Gasteiger partial charge < -0.3 is 14.8 Å². The highest BCUT2D eigenvalue weighted by Crippen LogP contribution is 2.18. The van der Waals surface area contributed by atoms with Crippen molar-refractivity contribution in [1.29, 1.82) is 0 Å². The van der Waals surface area contributed by atoms with Gasteiger partial charge in [-0.3, -0.25) is 4.79 Å². The van der Waals surface area contributed by atoms with Crippen LogP contribution in [0.4, 0.5) is 0 Å². The Labute approximate surface area is 136 Å². The largest absolute Gasteiger partial charge is 0.492 e. The van der Waals surface area contributed by atoms with Gasteiger partial charge in [0.2, 0.25) is 5.88 Å². The van der Waals surface area contributed by atoms with Crippen LogP contribution in [0.5, 0.6) is 11.6 Å². The molecule has 5 heteroatoms. The minimum Gasteiger partial charge on any atom is -0.492 e. The van der Waals surface area contributed by atoms with Gasteiger partial charge in [0, 0.05) is 6.20 Å². The van der Waals surface area contributed by atoms with Crippen molar-refractivity contribution >= 4 is 5.91 Å². The topological polar surface area (TPSA) is 60.5 Å². The van der Waals surface area contributed by atoms with Gasteiger partial charge in [-0.25, -0.2) is 4.98 Å². The number of nitrogens with zero attached hydrogens (tertiary/aromatic N) is 1. The average Bonchev–Trinajstić information content (AvgIpc) is 2.58. The van der Waals surface area contributed by atoms with Crippen LogP contribution >= 0.6 is 0 Å². The maximum atomic E-state index is 12.1. The predicted molar refractivity (Wildman–Crippen MR) is 89.1 cm³/mol. The van der Waals surface area contributed by atoms with E-state index in [1.54, 1.807) is 18.3 Å². The van der Waals surface area contributed by atoms with E-state index in [4.69, 9.17) is 9.47 Å². The first-order valence-electron chi connectivity index (χ1n) is 7.61. The number of benzene rings is 1. The minimum absolute atomic E-state index is 0.228. The molecule has 0 aliphatic carbocycles. The molecule has 2 rings (SSSR count). The maximum absolute atomic E-state index is 12.1. The monoisotopic (exact) mass is 314 g/mol. The SMILES string of the molecule is COc1ncccc1C(=O)NCCOc1ccc(C(C)C)cc1. The van der Waals surface area contributed by atoms with Crippen molar-refractivity contribution in [3.05, 3.63) is 53.7 Å². The van der Waals surface area contributed by atoms with E-state index in [2.05, 4.69) is 36.3 Å². The molecule has 0 bridgehead atoms. The molecule has 0 radical (unpaired) electrons. The summed E-state index contributed by atoms with van der Waals surface area (Å²) in [6.45, 7) is 5.11. The summed E-state index contributed by atoms with van der Waals surface area (Å²) in [7, 11) is 1.49. The fourth-order valence-electron chi connectivity index (χ4n) is 2.10. The number of rotatable bonds is 7. The summed E-state index contributed by atoms with van der Waals surface area (Å²) >= 11 is 0. The molecule has 2 aromatic rings. The summed E-state index contributed by atoms with van der Waals surface area (Å²) in [5, 5.41) is 2.79. The zero-order valence-corrected chi connectivity index (χ0v) is 13.7. The van der Waals surface area contributed by atoms with Crippen molar-refractivity contribution in [3.63, 3.8) is 0 Å². The molecule has 0 aliphatic heterocycles. The second-order valence-corrected chi connectivity index (χ2v) is 5.39. The molecular formula is C18H22N2O3. The molecule has 0 spiro atoms. The van der Waals surface area contributed by atoms with Gasteiger partial charge >= 0.3 is 0 Å². The second kappa shape index (κ2) is 8.17. The first kappa shape index (κ1) is 16.8. The molecule has 23 heavy (non-hydrogen) atoms. The van der Waals surface area contributed by atoms with Crippen LogP contribution in [0.25, 0.3) is 0 Å². The van der Waals surface area contributed by atoms with Crippen molar-refractivity contribution < 1.29 is 14.3 Å². The van der Waals surface area contributed by atoms with Crippen LogP contribution in [0.15, 0.2) is 42.6 Å². The van der Waals surface area contributed by atoms with Crippen molar-refractivity contribution in [1.82, 2.24) is 10.3 Å². The summed E-state index contributed by atoms with van der Waals surface area (Å²) in [6.07, 6.45) is 1.58. The van der Waals surface area contributed by atoms with Crippen LogP contribution in [0, 0.1) is 0 Å². The van der Waals surface area contributed by atoms with E-state index in [1.807, 2.05) is 12.1 Å². The van der Waals surface area contributed by atoms with Crippen molar-refractivity contribution in [2.75, 3.05) is 20.3 Å². The third kappa shape index (κ3) is 4.71. The lowest BCUT2D eigenvalue weighted by molar-refractivity contribution is 0.0943. The molecule has 0 saturated carbocycles. The number of ether oxygens (including phenoxy) is 2. The van der Waals surface area contributed by atoms with Crippen LogP contribution in [-0.2, 0) is 0 Å². The average molecular weight is 314 g/mol. The van der Waals surface area contributed by atoms with Crippen LogP contribution in [0.1, 0.15) is 35.7 Å². The Balaban J connectivity index is 1.80. The molecule has 1 heterocycles. The number of hydrogen-bond acceptors (Lipinski definition) is 4. The van der Waals surface area contributed by atoms with E-state index in [1.165, 1.54) is 12.7 Å². The van der Waals surface area contributed by atoms with Crippen LogP contribution in [0.2, 0.25) is 0 Å². The number of pyridine rings is 1. The van der Waals surface area contributed by atoms with Gasteiger partial charge in [0.25, 0.3) is 5.91 Å². The molecule has 0 saturated heterocycles. The third-order valence-electron chi connectivity index (χ3n) is 3.41. The molecule has 0 atom stereocenters. The Kier molecular flexibility index (Phi) is 5.97. The van der Waals surface area contributed by atoms with Gasteiger partial charge in [-0.15, -0.1) is 0 Å². The smallest absolute Gasteiger partial charge is 0.256 e. The molecule has 1 aromatic heterocycles. The number of carbonyl (C=O) groups excluding carboxylic acids is 1. The Bertz CT molecular complexity index is 639. The summed E-state index contributed by atoms with van der Waals surface area (Å²) in [5.74, 6) is 1.38. The molecule has 1 amide bonds. The van der Waals surface area contributed by atoms with E-state index in [-0.39, 0.29) is 5.91 Å². The second-order valence-electron chi connectivity index (χ2n) is 5.39. The van der Waals surface area contributed by atoms with Crippen LogP contribution in [0.3, 0.4) is 0 Å². The molecule has 0 fully saturated rings. The van der Waals surface area contributed by atoms with Gasteiger partial charge in [0.15, 0.2) is 0 Å². The first-order chi connectivity index (χ1) is 11.1. The van der Waals surface area contributed by atoms with Crippen molar-refractivity contribution in [3.8, 4) is 11.6 Å². The molecule has 0 unspecified atom stereocenters. The van der Waals surface area contributed by atoms with Gasteiger partial charge in [-0.2, -0.15) is 0 Å². The Morgan fingerprint density at radius 3 is 2.61 bits per heavy atom. The number of aromatic nitrogens is 1. The number of nitrogens with one attached hydrogen (secondary N) is 1. The molecule has 5 nitrogen and oxygen atoms in total. The van der Waals surface area contributed by atoms with E-state index in [9.17, 15) is 4.79 Å². The minimum atomic E-state index is -0.228. The lowest BCUT2D eigenvalue weighted by Gasteiger charge is -2.10. The first-order valence-corrected chi connectivity index (χ1v) is 7.61. The van der Waals surface area contributed by atoms with Crippen molar-refractivity contribution in [2.45, 2.75) is 19.8 Å². The highest BCUT2D eigenvalue weighted by molar-refractivity contribution is 5.96. The zero-order chi connectivity index (χ0) is 16.7. The maximum Gasteiger partial charge on any atom is 0.256 e. The van der Waals surface area contributed by atoms with E-state index < -0.39 is 0 Å². The zero-order valence-electron chi connectivity index (χ0n) is 13.7. The fraction of sp³-hybridized carbons (Fsp3) is 0.333. The number of hydrogen-bond donors (Lipinski definition) is 1. The molecule has 1 N–H and O–H groups in total. The lowest BCUT2D eigenvalue weighted by atomic mass is 10.0. The number of methoxy groups -OCH3 is 1. The lowest BCUT2D eigenvalue weighted by Crippen LogP contribution is -2.28. The summed E-state index contributed by atoms with van der Waals surface area (Å²) in [5.41, 5.74) is 1.69. The van der Waals surface area contributed by atoms with Gasteiger partial charge in [-0.1, -0.05) is 26.0 Å². The predicted octanol–water partition coefficient (Wildman–Crippen LogP) is 3.02. The molecule has 0 aliphatic rings. The normalized spacial score (nSPS) is 10.4. The van der Waals surface area contributed by atoms with Gasteiger partial charge in [0.05, 0.1) is 13.7 Å². The number of carbonyl (C=O) groups is 1. The Morgan fingerprint density at radius 1 is 1.22 bits per heavy atom. The van der Waals surface area contributed by atoms with E-state index >= 15 is 0 Å². The standard InChI is InChI=1S/C18H22N2O3/c1-13(2)14-6-8-15(9-7-14)23-12-11-19-17(21)16-5-4-10-20-18(16)22-3/h4-10,13H,11-12H2,1-3H3,(H,19,21). The highest BCUT2D eigenvalue weighted by atomic mass is 16.5. The Hall–Kier alpha value is -2.56. The summed E-state index contributed by atoms with van der Waals surface area (Å²) in [4.78, 5) is 16.1. The Morgan fingerprint density at radius 2 is 1.96 bits per heavy atom. The van der Waals surface area contributed by atoms with Gasteiger partial charge in [-0.05, 0) is 35.7 Å². The van der Waals surface area contributed by atoms with Crippen LogP contribution in [-0.4, -0.2) is 31.2 Å². The van der Waals surface area contributed by atoms with Crippen molar-refractivity contribution in [2.24, 2.45) is 0 Å². The fourth-order valence-corrected chi connectivity index (χ4v) is 2.10. The summed E-state index contributed by atoms with van der Waals surface area (Å²) < 4.78 is 10.7. The quantitative estimate of drug-likeness (QED) is 0.798. The molecule has 122 valence electrons. The highest BCUT2D eigenvalue weighted by Gasteiger charge is 2.11. The molecule has 1 aromatic carbocycles.